The number of ether oxygens (including phenoxy) is 1. The normalized spacial score (nSPS) is 17.9. The van der Waals surface area contributed by atoms with Gasteiger partial charge in [0.05, 0.1) is 17.7 Å². The maximum absolute atomic E-state index is 12.3. The zero-order valence-electron chi connectivity index (χ0n) is 15.1. The van der Waals surface area contributed by atoms with Gasteiger partial charge in [-0.25, -0.2) is 5.01 Å². The van der Waals surface area contributed by atoms with E-state index in [1.54, 1.807) is 24.3 Å². The third kappa shape index (κ3) is 2.81. The largest absolute Gasteiger partial charge is 0.497 e. The van der Waals surface area contributed by atoms with E-state index in [9.17, 15) is 14.9 Å². The number of hydrogen-bond acceptors (Lipinski definition) is 5. The van der Waals surface area contributed by atoms with Gasteiger partial charge >= 0.3 is 0 Å². The highest BCUT2D eigenvalue weighted by Gasteiger charge is 2.38. The van der Waals surface area contributed by atoms with Crippen molar-refractivity contribution in [1.29, 1.82) is 0 Å². The summed E-state index contributed by atoms with van der Waals surface area (Å²) in [4.78, 5) is 22.8. The van der Waals surface area contributed by atoms with Crippen LogP contribution in [0.3, 0.4) is 0 Å². The SMILES string of the molecule is COc1ccc2c(c1)CCC1=C2NN(C(C)=O)C1c1ccc([N+](=O)[O-])cc1. The molecule has 0 radical (unpaired) electrons. The molecular formula is C20H19N3O4. The zero-order valence-corrected chi connectivity index (χ0v) is 15.1. The van der Waals surface area contributed by atoms with Crippen LogP contribution in [-0.4, -0.2) is 22.9 Å². The van der Waals surface area contributed by atoms with Crippen molar-refractivity contribution < 1.29 is 14.5 Å². The van der Waals surface area contributed by atoms with Gasteiger partial charge in [0.25, 0.3) is 5.69 Å². The molecule has 2 aliphatic rings. The summed E-state index contributed by atoms with van der Waals surface area (Å²) in [6.07, 6.45) is 1.65. The molecule has 0 saturated heterocycles. The number of nitro benzene ring substituents is 1. The molecule has 4 rings (SSSR count). The Kier molecular flexibility index (Phi) is 4.07. The van der Waals surface area contributed by atoms with E-state index in [1.165, 1.54) is 24.6 Å². The number of aryl methyl sites for hydroxylation is 1. The maximum Gasteiger partial charge on any atom is 0.269 e. The summed E-state index contributed by atoms with van der Waals surface area (Å²) >= 11 is 0. The zero-order chi connectivity index (χ0) is 19.1. The summed E-state index contributed by atoms with van der Waals surface area (Å²) in [5.41, 5.74) is 8.45. The third-order valence-electron chi connectivity index (χ3n) is 5.15. The average Bonchev–Trinajstić information content (AvgIpc) is 3.07. The molecule has 0 bridgehead atoms. The number of benzene rings is 2. The molecule has 2 aromatic carbocycles. The number of amides is 1. The van der Waals surface area contributed by atoms with Gasteiger partial charge in [-0.05, 0) is 59.9 Å². The van der Waals surface area contributed by atoms with Gasteiger partial charge in [-0.2, -0.15) is 0 Å². The first-order valence-corrected chi connectivity index (χ1v) is 8.70. The fourth-order valence-electron chi connectivity index (χ4n) is 3.85. The minimum Gasteiger partial charge on any atom is -0.497 e. The molecule has 1 aliphatic heterocycles. The lowest BCUT2D eigenvalue weighted by molar-refractivity contribution is -0.384. The van der Waals surface area contributed by atoms with Crippen molar-refractivity contribution >= 4 is 17.3 Å². The van der Waals surface area contributed by atoms with E-state index in [-0.39, 0.29) is 17.6 Å². The van der Waals surface area contributed by atoms with Gasteiger partial charge in [-0.1, -0.05) is 0 Å². The van der Waals surface area contributed by atoms with E-state index in [2.05, 4.69) is 5.43 Å². The Hall–Kier alpha value is -3.35. The summed E-state index contributed by atoms with van der Waals surface area (Å²) in [5.74, 6) is 0.703. The van der Waals surface area contributed by atoms with Gasteiger partial charge in [-0.15, -0.1) is 0 Å². The van der Waals surface area contributed by atoms with Crippen LogP contribution in [0.25, 0.3) is 5.70 Å². The molecule has 2 aromatic rings. The highest BCUT2D eigenvalue weighted by molar-refractivity contribution is 5.82. The van der Waals surface area contributed by atoms with Crippen molar-refractivity contribution in [3.05, 3.63) is 74.8 Å². The number of nitrogens with zero attached hydrogens (tertiary/aromatic N) is 2. The molecule has 0 spiro atoms. The van der Waals surface area contributed by atoms with Crippen molar-refractivity contribution in [3.8, 4) is 5.75 Å². The number of carbonyl (C=O) groups is 1. The van der Waals surface area contributed by atoms with Crippen molar-refractivity contribution in [2.45, 2.75) is 25.8 Å². The Bertz CT molecular complexity index is 966. The van der Waals surface area contributed by atoms with Crippen LogP contribution in [0.2, 0.25) is 0 Å². The molecule has 1 amide bonds. The number of nitrogens with one attached hydrogen (secondary N) is 1. The second-order valence-corrected chi connectivity index (χ2v) is 6.68. The molecule has 0 fully saturated rings. The van der Waals surface area contributed by atoms with Crippen molar-refractivity contribution in [3.63, 3.8) is 0 Å². The fourth-order valence-corrected chi connectivity index (χ4v) is 3.85. The van der Waals surface area contributed by atoms with Crippen molar-refractivity contribution in [1.82, 2.24) is 10.4 Å². The number of nitro groups is 1. The number of fused-ring (bicyclic) bond motifs is 2. The molecule has 0 aromatic heterocycles. The number of hydrazine groups is 1. The molecular weight excluding hydrogens is 346 g/mol. The number of rotatable bonds is 3. The van der Waals surface area contributed by atoms with E-state index in [0.717, 1.165) is 41.0 Å². The Morgan fingerprint density at radius 2 is 1.96 bits per heavy atom. The van der Waals surface area contributed by atoms with Gasteiger partial charge in [0.2, 0.25) is 5.91 Å². The van der Waals surface area contributed by atoms with E-state index >= 15 is 0 Å². The van der Waals surface area contributed by atoms with Crippen LogP contribution in [0.15, 0.2) is 48.0 Å². The molecule has 138 valence electrons. The van der Waals surface area contributed by atoms with Gasteiger partial charge < -0.3 is 4.74 Å². The Morgan fingerprint density at radius 3 is 2.59 bits per heavy atom. The summed E-state index contributed by atoms with van der Waals surface area (Å²) in [6.45, 7) is 1.51. The fraction of sp³-hybridized carbons (Fsp3) is 0.250. The maximum atomic E-state index is 12.3. The van der Waals surface area contributed by atoms with Gasteiger partial charge in [0, 0.05) is 24.6 Å². The highest BCUT2D eigenvalue weighted by Crippen LogP contribution is 2.44. The number of carbonyl (C=O) groups excluding carboxylic acids is 1. The lowest BCUT2D eigenvalue weighted by atomic mass is 9.85. The lowest BCUT2D eigenvalue weighted by Crippen LogP contribution is -2.38. The van der Waals surface area contributed by atoms with Crippen LogP contribution in [0, 0.1) is 10.1 Å². The minimum atomic E-state index is -0.422. The van der Waals surface area contributed by atoms with E-state index in [0.29, 0.717) is 0 Å². The monoisotopic (exact) mass is 365 g/mol. The Balaban J connectivity index is 1.78. The van der Waals surface area contributed by atoms with Crippen LogP contribution < -0.4 is 10.2 Å². The first-order valence-electron chi connectivity index (χ1n) is 8.70. The molecule has 1 atom stereocenters. The number of hydrogen-bond donors (Lipinski definition) is 1. The first-order chi connectivity index (χ1) is 13.0. The second-order valence-electron chi connectivity index (χ2n) is 6.68. The molecule has 1 heterocycles. The molecule has 1 aliphatic carbocycles. The number of methoxy groups -OCH3 is 1. The topological polar surface area (TPSA) is 84.7 Å². The predicted molar refractivity (Wildman–Crippen MR) is 99.7 cm³/mol. The molecule has 7 heteroatoms. The number of non-ortho nitro benzene ring substituents is 1. The smallest absolute Gasteiger partial charge is 0.269 e. The third-order valence-corrected chi connectivity index (χ3v) is 5.15. The van der Waals surface area contributed by atoms with Crippen LogP contribution in [0.5, 0.6) is 5.75 Å². The van der Waals surface area contributed by atoms with Crippen LogP contribution in [-0.2, 0) is 11.2 Å². The molecule has 1 unspecified atom stereocenters. The van der Waals surface area contributed by atoms with Crippen molar-refractivity contribution in [2.75, 3.05) is 7.11 Å². The van der Waals surface area contributed by atoms with Gasteiger partial charge in [0.15, 0.2) is 0 Å². The highest BCUT2D eigenvalue weighted by atomic mass is 16.6. The van der Waals surface area contributed by atoms with Crippen LogP contribution in [0.4, 0.5) is 5.69 Å². The second kappa shape index (κ2) is 6.42. The van der Waals surface area contributed by atoms with Crippen LogP contribution >= 0.6 is 0 Å². The standard InChI is InChI=1S/C20H19N3O4/c1-12(24)22-20(13-3-6-15(7-4-13)23(25)26)18-9-5-14-11-16(27-2)8-10-17(14)19(18)21-22/h3-4,6-8,10-11,20-21H,5,9H2,1-2H3. The van der Waals surface area contributed by atoms with E-state index in [4.69, 9.17) is 4.74 Å². The molecule has 1 N–H and O–H groups in total. The van der Waals surface area contributed by atoms with E-state index < -0.39 is 4.92 Å². The summed E-state index contributed by atoms with van der Waals surface area (Å²) < 4.78 is 5.32. The summed E-state index contributed by atoms with van der Waals surface area (Å²) in [7, 11) is 1.64. The first kappa shape index (κ1) is 17.1. The Labute approximate surface area is 156 Å². The lowest BCUT2D eigenvalue weighted by Gasteiger charge is -2.25. The molecule has 27 heavy (non-hydrogen) atoms. The summed E-state index contributed by atoms with van der Waals surface area (Å²) in [5, 5.41) is 12.5. The molecule has 7 nitrogen and oxygen atoms in total. The van der Waals surface area contributed by atoms with Crippen molar-refractivity contribution in [2.24, 2.45) is 0 Å². The average molecular weight is 365 g/mol. The minimum absolute atomic E-state index is 0.0365. The molecule has 0 saturated carbocycles. The Morgan fingerprint density at radius 1 is 1.22 bits per heavy atom. The van der Waals surface area contributed by atoms with E-state index in [1.807, 2.05) is 18.2 Å². The van der Waals surface area contributed by atoms with Gasteiger partial charge in [0.1, 0.15) is 11.8 Å². The predicted octanol–water partition coefficient (Wildman–Crippen LogP) is 3.37. The van der Waals surface area contributed by atoms with Gasteiger partial charge in [-0.3, -0.25) is 20.3 Å². The quantitative estimate of drug-likeness (QED) is 0.666. The summed E-state index contributed by atoms with van der Waals surface area (Å²) in [6, 6.07) is 12.1. The van der Waals surface area contributed by atoms with Crippen LogP contribution in [0.1, 0.15) is 36.1 Å².